The Balaban J connectivity index is 1.47. The zero-order valence-corrected chi connectivity index (χ0v) is 24.2. The lowest BCUT2D eigenvalue weighted by atomic mass is 9.82. The zero-order chi connectivity index (χ0) is 27.7. The molecule has 1 amide bonds. The number of nitrogens with zero attached hydrogens (tertiary/aromatic N) is 3. The minimum Gasteiger partial charge on any atom is -0.496 e. The summed E-state index contributed by atoms with van der Waals surface area (Å²) in [5.74, 6) is 1.69. The number of aryl methyl sites for hydroxylation is 1. The number of hydrogen-bond donors (Lipinski definition) is 1. The summed E-state index contributed by atoms with van der Waals surface area (Å²) in [7, 11) is 3.65. The molecular weight excluding hydrogens is 512 g/mol. The molecule has 1 aliphatic heterocycles. The number of carbonyl (C=O) groups excluding carboxylic acids is 1. The van der Waals surface area contributed by atoms with Gasteiger partial charge in [-0.1, -0.05) is 27.7 Å². The number of methoxy groups -OCH3 is 1. The molecule has 1 N–H and O–H groups in total. The van der Waals surface area contributed by atoms with E-state index in [2.05, 4.69) is 39.1 Å². The molecule has 9 heteroatoms. The monoisotopic (exact) mass is 548 g/mol. The Labute approximate surface area is 233 Å². The van der Waals surface area contributed by atoms with E-state index in [1.54, 1.807) is 18.4 Å². The Morgan fingerprint density at radius 2 is 2.08 bits per heavy atom. The van der Waals surface area contributed by atoms with Crippen LogP contribution >= 0.6 is 11.3 Å². The molecule has 0 radical (unpaired) electrons. The number of hydrogen-bond acceptors (Lipinski definition) is 6. The maximum Gasteiger partial charge on any atom is 0.272 e. The molecule has 206 valence electrons. The van der Waals surface area contributed by atoms with Gasteiger partial charge in [-0.2, -0.15) is 16.4 Å². The van der Waals surface area contributed by atoms with E-state index >= 15 is 0 Å². The molecule has 4 heterocycles. The van der Waals surface area contributed by atoms with Crippen LogP contribution in [0.3, 0.4) is 0 Å². The Kier molecular flexibility index (Phi) is 7.55. The van der Waals surface area contributed by atoms with E-state index in [-0.39, 0.29) is 17.9 Å². The maximum absolute atomic E-state index is 13.4. The van der Waals surface area contributed by atoms with Crippen molar-refractivity contribution in [1.29, 1.82) is 0 Å². The number of amides is 1. The van der Waals surface area contributed by atoms with Gasteiger partial charge in [-0.25, -0.2) is 4.68 Å². The van der Waals surface area contributed by atoms with Gasteiger partial charge < -0.3 is 24.1 Å². The largest absolute Gasteiger partial charge is 0.496 e. The summed E-state index contributed by atoms with van der Waals surface area (Å²) >= 11 is 1.58. The van der Waals surface area contributed by atoms with E-state index in [4.69, 9.17) is 19.3 Å². The van der Waals surface area contributed by atoms with Crippen LogP contribution in [0.1, 0.15) is 43.7 Å². The van der Waals surface area contributed by atoms with Gasteiger partial charge >= 0.3 is 0 Å². The molecule has 8 nitrogen and oxygen atoms in total. The third kappa shape index (κ3) is 5.33. The van der Waals surface area contributed by atoms with Gasteiger partial charge in [-0.05, 0) is 34.9 Å². The number of fused-ring (bicyclic) bond motifs is 3. The van der Waals surface area contributed by atoms with Crippen LogP contribution in [0.15, 0.2) is 47.4 Å². The second kappa shape index (κ2) is 10.9. The van der Waals surface area contributed by atoms with Crippen molar-refractivity contribution in [2.75, 3.05) is 26.9 Å². The predicted molar refractivity (Wildman–Crippen MR) is 154 cm³/mol. The standard InChI is InChI=1S/C30H36N4O4S/c1-19(2)30(3,4)18-37-11-9-31-29(35)27-24-16-38-26-14-25(36-6)22(20-7-10-33(5)15-20)13-23(26)28(24)34(32-27)21-8-12-39-17-21/h7-8,10,12-15,17,19H,9,11,16,18H2,1-6H3,(H,31,35). The zero-order valence-electron chi connectivity index (χ0n) is 23.4. The first-order chi connectivity index (χ1) is 18.7. The summed E-state index contributed by atoms with van der Waals surface area (Å²) in [6, 6.07) is 8.04. The first-order valence-electron chi connectivity index (χ1n) is 13.2. The van der Waals surface area contributed by atoms with Gasteiger partial charge in [0.05, 0.1) is 31.7 Å². The molecule has 0 fully saturated rings. The lowest BCUT2D eigenvalue weighted by molar-refractivity contribution is 0.0386. The number of ether oxygens (including phenoxy) is 3. The highest BCUT2D eigenvalue weighted by atomic mass is 32.1. The van der Waals surface area contributed by atoms with Crippen LogP contribution in [0.5, 0.6) is 11.5 Å². The molecule has 5 rings (SSSR count). The van der Waals surface area contributed by atoms with Crippen LogP contribution in [-0.2, 0) is 18.4 Å². The van der Waals surface area contributed by atoms with Gasteiger partial charge in [0.25, 0.3) is 5.91 Å². The van der Waals surface area contributed by atoms with Crippen LogP contribution in [0.25, 0.3) is 28.1 Å². The third-order valence-electron chi connectivity index (χ3n) is 7.59. The van der Waals surface area contributed by atoms with E-state index in [0.29, 0.717) is 37.1 Å². The molecule has 4 aromatic rings. The van der Waals surface area contributed by atoms with Crippen molar-refractivity contribution in [2.24, 2.45) is 18.4 Å². The second-order valence-electron chi connectivity index (χ2n) is 10.9. The van der Waals surface area contributed by atoms with Gasteiger partial charge in [0.1, 0.15) is 18.1 Å². The van der Waals surface area contributed by atoms with Crippen molar-refractivity contribution < 1.29 is 19.0 Å². The molecule has 39 heavy (non-hydrogen) atoms. The lowest BCUT2D eigenvalue weighted by Gasteiger charge is -2.28. The minimum atomic E-state index is -0.240. The van der Waals surface area contributed by atoms with Gasteiger partial charge in [0.2, 0.25) is 0 Å². The Bertz CT molecular complexity index is 1470. The molecule has 0 atom stereocenters. The average Bonchev–Trinajstić information content (AvgIpc) is 3.67. The number of carbonyl (C=O) groups is 1. The molecule has 0 saturated heterocycles. The molecular formula is C30H36N4O4S. The molecule has 0 spiro atoms. The maximum atomic E-state index is 13.4. The fourth-order valence-electron chi connectivity index (χ4n) is 4.51. The quantitative estimate of drug-likeness (QED) is 0.248. The predicted octanol–water partition coefficient (Wildman–Crippen LogP) is 5.94. The molecule has 0 aliphatic carbocycles. The van der Waals surface area contributed by atoms with E-state index in [1.165, 1.54) is 0 Å². The van der Waals surface area contributed by atoms with Crippen molar-refractivity contribution >= 4 is 17.2 Å². The molecule has 0 unspecified atom stereocenters. The summed E-state index contributed by atoms with van der Waals surface area (Å²) in [6.07, 6.45) is 4.05. The minimum absolute atomic E-state index is 0.0778. The Hall–Kier alpha value is -3.56. The van der Waals surface area contributed by atoms with Crippen LogP contribution in [-0.4, -0.2) is 47.1 Å². The van der Waals surface area contributed by atoms with Gasteiger partial charge in [0.15, 0.2) is 5.69 Å². The summed E-state index contributed by atoms with van der Waals surface area (Å²) in [6.45, 7) is 10.5. The summed E-state index contributed by atoms with van der Waals surface area (Å²) in [5, 5.41) is 11.8. The highest BCUT2D eigenvalue weighted by Gasteiger charge is 2.31. The first kappa shape index (κ1) is 27.0. The van der Waals surface area contributed by atoms with E-state index in [1.807, 2.05) is 57.6 Å². The fraction of sp³-hybridized carbons (Fsp3) is 0.400. The smallest absolute Gasteiger partial charge is 0.272 e. The van der Waals surface area contributed by atoms with Gasteiger partial charge in [-0.3, -0.25) is 4.79 Å². The van der Waals surface area contributed by atoms with Crippen LogP contribution in [0.4, 0.5) is 0 Å². The number of thiophene rings is 1. The van der Waals surface area contributed by atoms with Gasteiger partial charge in [-0.15, -0.1) is 0 Å². The third-order valence-corrected chi connectivity index (χ3v) is 8.26. The van der Waals surface area contributed by atoms with E-state index in [9.17, 15) is 4.79 Å². The summed E-state index contributed by atoms with van der Waals surface area (Å²) in [4.78, 5) is 13.4. The summed E-state index contributed by atoms with van der Waals surface area (Å²) in [5.41, 5.74) is 5.80. The SMILES string of the molecule is COc1cc2c(cc1-c1ccn(C)c1)-c1c(c(C(=O)NCCOCC(C)(C)C(C)C)nn1-c1ccsc1)CO2. The van der Waals surface area contributed by atoms with Crippen molar-refractivity contribution in [3.05, 3.63) is 58.7 Å². The van der Waals surface area contributed by atoms with Crippen LogP contribution in [0, 0.1) is 11.3 Å². The van der Waals surface area contributed by atoms with Crippen molar-refractivity contribution in [1.82, 2.24) is 19.7 Å². The lowest BCUT2D eigenvalue weighted by Crippen LogP contribution is -2.31. The van der Waals surface area contributed by atoms with Crippen molar-refractivity contribution in [2.45, 2.75) is 34.3 Å². The van der Waals surface area contributed by atoms with E-state index in [0.717, 1.165) is 39.4 Å². The average molecular weight is 549 g/mol. The Morgan fingerprint density at radius 3 is 2.74 bits per heavy atom. The highest BCUT2D eigenvalue weighted by molar-refractivity contribution is 7.08. The summed E-state index contributed by atoms with van der Waals surface area (Å²) < 4.78 is 21.6. The van der Waals surface area contributed by atoms with Gasteiger partial charge in [0, 0.05) is 59.7 Å². The Morgan fingerprint density at radius 1 is 1.26 bits per heavy atom. The molecule has 1 aliphatic rings. The number of benzene rings is 1. The van der Waals surface area contributed by atoms with Crippen LogP contribution in [0.2, 0.25) is 0 Å². The van der Waals surface area contributed by atoms with Crippen molar-refractivity contribution in [3.63, 3.8) is 0 Å². The second-order valence-corrected chi connectivity index (χ2v) is 11.7. The molecule has 1 aromatic carbocycles. The normalized spacial score (nSPS) is 12.7. The molecule has 0 saturated carbocycles. The molecule has 0 bridgehead atoms. The number of rotatable bonds is 10. The number of nitrogens with one attached hydrogen (secondary N) is 1. The topological polar surface area (TPSA) is 79.5 Å². The first-order valence-corrected chi connectivity index (χ1v) is 14.1. The van der Waals surface area contributed by atoms with E-state index < -0.39 is 0 Å². The van der Waals surface area contributed by atoms with Crippen LogP contribution < -0.4 is 14.8 Å². The van der Waals surface area contributed by atoms with Crippen molar-refractivity contribution in [3.8, 4) is 39.6 Å². The highest BCUT2D eigenvalue weighted by Crippen LogP contribution is 2.46. The fourth-order valence-corrected chi connectivity index (χ4v) is 5.12. The number of aromatic nitrogens is 3. The molecule has 3 aromatic heterocycles.